The van der Waals surface area contributed by atoms with E-state index in [-0.39, 0.29) is 76.2 Å². The van der Waals surface area contributed by atoms with Gasteiger partial charge in [-0.25, -0.2) is 0 Å². The second-order valence-electron chi connectivity index (χ2n) is 22.0. The monoisotopic (exact) mass is 938 g/mol. The van der Waals surface area contributed by atoms with Gasteiger partial charge in [0.1, 0.15) is 0 Å². The predicted octanol–water partition coefficient (Wildman–Crippen LogP) is 0.288. The van der Waals surface area contributed by atoms with Crippen LogP contribution in [0.25, 0.3) is 0 Å². The van der Waals surface area contributed by atoms with Gasteiger partial charge in [0.25, 0.3) is 0 Å². The van der Waals surface area contributed by atoms with Gasteiger partial charge in [-0.15, -0.1) is 0 Å². The molecule has 5 rings (SSSR count). The van der Waals surface area contributed by atoms with E-state index in [4.69, 9.17) is 34.4 Å². The van der Waals surface area contributed by atoms with Crippen molar-refractivity contribution >= 4 is 41.4 Å². The van der Waals surface area contributed by atoms with Gasteiger partial charge >= 0.3 is 0 Å². The lowest BCUT2D eigenvalue weighted by Crippen LogP contribution is -2.64. The molecule has 0 aliphatic carbocycles. The van der Waals surface area contributed by atoms with E-state index < -0.39 is 111 Å². The SMILES string of the molecule is C/C1=C2/N/C(=C\C3N/C(=C(/C)[C@@H]4N[C@@](C)([C@@H]5NC1[C@](C)(CCC(=O)NC[C@@H](C)O)[C@H]5CC(N)=O)[C@@](C)(CC(N)=O)[C@@H]4CCC(N)=O)[C@@](C)(CC(N)=O)[C@@H]3CCC(N)=O)C(C)(C)[C@@H]2CCC(N)=O. The summed E-state index contributed by atoms with van der Waals surface area (Å²) < 4.78 is 0. The number of fused-ring (bicyclic) bond motifs is 9. The summed E-state index contributed by atoms with van der Waals surface area (Å²) in [6, 6.07) is -2.27. The first-order valence-corrected chi connectivity index (χ1v) is 23.8. The number of nitrogens with two attached hydrogens (primary N) is 6. The maximum absolute atomic E-state index is 13.5. The Bertz CT molecular complexity index is 2120. The van der Waals surface area contributed by atoms with Gasteiger partial charge in [0.05, 0.1) is 6.10 Å². The van der Waals surface area contributed by atoms with Crippen molar-refractivity contribution in [3.05, 3.63) is 34.3 Å². The molecule has 13 atom stereocenters. The second-order valence-corrected chi connectivity index (χ2v) is 22.0. The number of carbonyl (C=O) groups excluding carboxylic acids is 7. The molecule has 4 fully saturated rings. The first-order valence-electron chi connectivity index (χ1n) is 23.8. The van der Waals surface area contributed by atoms with Gasteiger partial charge in [0, 0.05) is 120 Å². The fourth-order valence-electron chi connectivity index (χ4n) is 13.5. The maximum atomic E-state index is 13.5. The average molecular weight is 938 g/mol. The number of allylic oxidation sites excluding steroid dienone is 3. The van der Waals surface area contributed by atoms with Crippen LogP contribution in [0.4, 0.5) is 0 Å². The summed E-state index contributed by atoms with van der Waals surface area (Å²) in [6.07, 6.45) is 2.29. The summed E-state index contributed by atoms with van der Waals surface area (Å²) in [5.41, 5.74) is 35.3. The zero-order valence-electron chi connectivity index (χ0n) is 41.0. The van der Waals surface area contributed by atoms with Crippen molar-refractivity contribution in [2.75, 3.05) is 6.54 Å². The van der Waals surface area contributed by atoms with Crippen molar-refractivity contribution in [3.8, 4) is 0 Å². The minimum absolute atomic E-state index is 0.0264. The topological polar surface area (TPSA) is 356 Å². The summed E-state index contributed by atoms with van der Waals surface area (Å²) in [6.45, 7) is 17.8. The van der Waals surface area contributed by atoms with Gasteiger partial charge in [-0.2, -0.15) is 0 Å². The van der Waals surface area contributed by atoms with Crippen LogP contribution in [0.15, 0.2) is 34.3 Å². The molecule has 5 heterocycles. The highest BCUT2D eigenvalue weighted by molar-refractivity contribution is 5.78. The Labute approximate surface area is 395 Å². The summed E-state index contributed by atoms with van der Waals surface area (Å²) in [4.78, 5) is 91.6. The molecule has 0 aromatic rings. The molecular weight excluding hydrogens is 859 g/mol. The maximum Gasteiger partial charge on any atom is 0.220 e. The van der Waals surface area contributed by atoms with Crippen LogP contribution in [0.3, 0.4) is 0 Å². The highest BCUT2D eigenvalue weighted by Crippen LogP contribution is 2.62. The van der Waals surface area contributed by atoms with Crippen molar-refractivity contribution in [1.29, 1.82) is 0 Å². The highest BCUT2D eigenvalue weighted by atomic mass is 16.3. The lowest BCUT2D eigenvalue weighted by atomic mass is 9.56. The van der Waals surface area contributed by atoms with Crippen LogP contribution in [0.5, 0.6) is 0 Å². The van der Waals surface area contributed by atoms with Crippen molar-refractivity contribution in [2.24, 2.45) is 79.7 Å². The first-order chi connectivity index (χ1) is 30.9. The Balaban J connectivity index is 1.94. The largest absolute Gasteiger partial charge is 0.392 e. The van der Waals surface area contributed by atoms with E-state index in [1.54, 1.807) is 6.92 Å². The van der Waals surface area contributed by atoms with E-state index >= 15 is 0 Å². The van der Waals surface area contributed by atoms with Gasteiger partial charge in [-0.05, 0) is 93.8 Å². The molecule has 0 saturated carbocycles. The lowest BCUT2D eigenvalue weighted by molar-refractivity contribution is -0.124. The zero-order chi connectivity index (χ0) is 50.4. The number of aliphatic hydroxyl groups excluding tert-OH is 1. The van der Waals surface area contributed by atoms with Crippen molar-refractivity contribution in [1.82, 2.24) is 26.6 Å². The van der Waals surface area contributed by atoms with Gasteiger partial charge in [0.2, 0.25) is 41.4 Å². The average Bonchev–Trinajstić information content (AvgIpc) is 3.80. The number of primary amides is 6. The van der Waals surface area contributed by atoms with Crippen LogP contribution in [0.2, 0.25) is 0 Å². The van der Waals surface area contributed by atoms with Gasteiger partial charge < -0.3 is 66.1 Å². The number of hydrogen-bond donors (Lipinski definition) is 12. The molecule has 19 heteroatoms. The van der Waals surface area contributed by atoms with Crippen LogP contribution in [0, 0.1) is 45.3 Å². The normalized spacial score (nSPS) is 38.6. The number of nitrogens with one attached hydrogen (secondary N) is 5. The number of carbonyl (C=O) groups is 7. The first kappa shape index (κ1) is 53.0. The van der Waals surface area contributed by atoms with Crippen molar-refractivity contribution in [3.63, 3.8) is 0 Å². The Morgan fingerprint density at radius 3 is 1.84 bits per heavy atom. The summed E-state index contributed by atoms with van der Waals surface area (Å²) in [5, 5.41) is 28.4. The lowest BCUT2D eigenvalue weighted by Gasteiger charge is -2.49. The molecule has 2 unspecified atom stereocenters. The molecule has 8 bridgehead atoms. The quantitative estimate of drug-likeness (QED) is 0.0784. The van der Waals surface area contributed by atoms with Gasteiger partial charge in [-0.1, -0.05) is 34.6 Å². The van der Waals surface area contributed by atoms with Crippen LogP contribution in [0.1, 0.15) is 133 Å². The standard InChI is InChI=1S/C48H79N11O8/c1-23(60)22-55-38(67)16-17-45(6)29(18-35(52)64)43-48(9)47(8,21-37(54)66)28(12-15-34(51)63)40(59-48)25(3)42-46(7,20-36(53)65)26(10-13-32(49)61)30(56-42)19-31-44(4,5)27(11-14-33(50)62)39(57-31)24(2)41(45)58-43/h19,23,26-30,40-41,43,56-60H,10-18,20-22H2,1-9H3,(H2,49,61)(H2,50,62)(H2,51,63)(H2,52,64)(H2,53,65)(H2,54,66)(H,55,67)/b31-19-,39-24-,42-25-/t23-,26-,27-,28-,29+,30?,40+,41?,43-,45-,46+,47+,48+/m1/s1. The Hall–Kier alpha value is -5.01. The molecule has 0 radical (unpaired) electrons. The predicted molar refractivity (Wildman–Crippen MR) is 252 cm³/mol. The van der Waals surface area contributed by atoms with E-state index in [0.29, 0.717) is 18.5 Å². The molecule has 67 heavy (non-hydrogen) atoms. The van der Waals surface area contributed by atoms with Crippen LogP contribution >= 0.6 is 0 Å². The third kappa shape index (κ3) is 10.1. The molecule has 0 aromatic heterocycles. The third-order valence-corrected chi connectivity index (χ3v) is 17.2. The number of aliphatic hydroxyl groups is 1. The zero-order valence-corrected chi connectivity index (χ0v) is 41.0. The van der Waals surface area contributed by atoms with Gasteiger partial charge in [-0.3, -0.25) is 33.6 Å². The molecule has 5 aliphatic heterocycles. The van der Waals surface area contributed by atoms with Crippen LogP contribution in [-0.4, -0.2) is 88.8 Å². The van der Waals surface area contributed by atoms with E-state index in [1.165, 1.54) is 0 Å². The third-order valence-electron chi connectivity index (χ3n) is 17.2. The fraction of sp³-hybridized carbons (Fsp3) is 0.729. The summed E-state index contributed by atoms with van der Waals surface area (Å²) in [7, 11) is 0. The van der Waals surface area contributed by atoms with E-state index in [2.05, 4.69) is 46.5 Å². The van der Waals surface area contributed by atoms with E-state index in [1.807, 2.05) is 41.5 Å². The fourth-order valence-corrected chi connectivity index (χ4v) is 13.5. The summed E-state index contributed by atoms with van der Waals surface area (Å²) in [5.74, 6) is -5.30. The molecule has 19 nitrogen and oxygen atoms in total. The molecule has 0 aromatic carbocycles. The van der Waals surface area contributed by atoms with Crippen LogP contribution < -0.4 is 61.0 Å². The van der Waals surface area contributed by atoms with Gasteiger partial charge in [0.15, 0.2) is 0 Å². The molecule has 0 spiro atoms. The minimum Gasteiger partial charge on any atom is -0.392 e. The van der Waals surface area contributed by atoms with Crippen LogP contribution in [-0.2, 0) is 33.6 Å². The molecular formula is C48H79N11O8. The van der Waals surface area contributed by atoms with E-state index in [0.717, 1.165) is 22.5 Å². The second kappa shape index (κ2) is 19.5. The highest BCUT2D eigenvalue weighted by Gasteiger charge is 2.68. The Morgan fingerprint density at radius 2 is 1.30 bits per heavy atom. The van der Waals surface area contributed by atoms with Crippen molar-refractivity contribution in [2.45, 2.75) is 169 Å². The number of hydrogen-bond acceptors (Lipinski definition) is 12. The Kier molecular flexibility index (Phi) is 15.4. The van der Waals surface area contributed by atoms with Crippen molar-refractivity contribution < 1.29 is 38.7 Å². The minimum atomic E-state index is -1.13. The molecule has 374 valence electrons. The molecule has 5 aliphatic rings. The summed E-state index contributed by atoms with van der Waals surface area (Å²) >= 11 is 0. The number of rotatable bonds is 20. The molecule has 18 N–H and O–H groups in total. The molecule has 7 amide bonds. The van der Waals surface area contributed by atoms with E-state index in [9.17, 15) is 38.7 Å². The number of amides is 7. The smallest absolute Gasteiger partial charge is 0.220 e. The Morgan fingerprint density at radius 1 is 0.731 bits per heavy atom. The molecule has 4 saturated heterocycles.